The predicted molar refractivity (Wildman–Crippen MR) is 110 cm³/mol. The lowest BCUT2D eigenvalue weighted by molar-refractivity contribution is 1.19. The number of rotatable bonds is 2. The SMILES string of the molecule is CC.CC.Cc1ccccc1.c1ccc(Cc2ccccc2)cc1. The molecule has 0 spiro atoms. The molecule has 0 heteroatoms. The fraction of sp³-hybridized carbons (Fsp3) is 0.250. The molecule has 0 heterocycles. The van der Waals surface area contributed by atoms with Crippen LogP contribution in [-0.2, 0) is 6.42 Å². The Kier molecular flexibility index (Phi) is 14.0. The first-order valence-corrected chi connectivity index (χ1v) is 8.94. The molecule has 0 atom stereocenters. The van der Waals surface area contributed by atoms with Crippen LogP contribution in [0.3, 0.4) is 0 Å². The first kappa shape index (κ1) is 21.7. The molecule has 0 unspecified atom stereocenters. The highest BCUT2D eigenvalue weighted by atomic mass is 14.0. The Labute approximate surface area is 149 Å². The highest BCUT2D eigenvalue weighted by Gasteiger charge is 1.92. The fourth-order valence-electron chi connectivity index (χ4n) is 1.96. The molecule has 3 rings (SSSR count). The molecule has 3 aromatic carbocycles. The van der Waals surface area contributed by atoms with Crippen molar-refractivity contribution in [2.45, 2.75) is 41.0 Å². The monoisotopic (exact) mass is 320 g/mol. The van der Waals surface area contributed by atoms with E-state index in [0.29, 0.717) is 0 Å². The molecule has 0 N–H and O–H groups in total. The molecule has 24 heavy (non-hydrogen) atoms. The van der Waals surface area contributed by atoms with Crippen molar-refractivity contribution in [3.8, 4) is 0 Å². The summed E-state index contributed by atoms with van der Waals surface area (Å²) >= 11 is 0. The summed E-state index contributed by atoms with van der Waals surface area (Å²) in [6, 6.07) is 31.3. The summed E-state index contributed by atoms with van der Waals surface area (Å²) in [7, 11) is 0. The average Bonchev–Trinajstić information content (AvgIpc) is 2.68. The van der Waals surface area contributed by atoms with E-state index >= 15 is 0 Å². The summed E-state index contributed by atoms with van der Waals surface area (Å²) in [4.78, 5) is 0. The van der Waals surface area contributed by atoms with Gasteiger partial charge in [0.05, 0.1) is 0 Å². The zero-order chi connectivity index (χ0) is 18.0. The highest BCUT2D eigenvalue weighted by Crippen LogP contribution is 2.07. The van der Waals surface area contributed by atoms with Crippen molar-refractivity contribution >= 4 is 0 Å². The smallest absolute Gasteiger partial charge is 0.00258 e. The van der Waals surface area contributed by atoms with Crippen LogP contribution in [0.5, 0.6) is 0 Å². The van der Waals surface area contributed by atoms with Crippen molar-refractivity contribution in [1.82, 2.24) is 0 Å². The van der Waals surface area contributed by atoms with Gasteiger partial charge in [-0.05, 0) is 24.5 Å². The quantitative estimate of drug-likeness (QED) is 0.464. The largest absolute Gasteiger partial charge is 0.0683 e. The Balaban J connectivity index is 0.000000408. The number of hydrogen-bond donors (Lipinski definition) is 0. The summed E-state index contributed by atoms with van der Waals surface area (Å²) < 4.78 is 0. The van der Waals surface area contributed by atoms with Crippen LogP contribution in [-0.4, -0.2) is 0 Å². The molecule has 128 valence electrons. The summed E-state index contributed by atoms with van der Waals surface area (Å²) in [5.74, 6) is 0. The van der Waals surface area contributed by atoms with Gasteiger partial charge in [-0.15, -0.1) is 0 Å². The summed E-state index contributed by atoms with van der Waals surface area (Å²) in [5.41, 5.74) is 4.06. The van der Waals surface area contributed by atoms with Gasteiger partial charge in [-0.25, -0.2) is 0 Å². The molecule has 0 radical (unpaired) electrons. The van der Waals surface area contributed by atoms with Crippen LogP contribution in [0, 0.1) is 6.92 Å². The lowest BCUT2D eigenvalue weighted by atomic mass is 10.1. The lowest BCUT2D eigenvalue weighted by Crippen LogP contribution is -1.85. The van der Waals surface area contributed by atoms with E-state index in [1.165, 1.54) is 16.7 Å². The zero-order valence-corrected chi connectivity index (χ0v) is 15.9. The second kappa shape index (κ2) is 15.6. The van der Waals surface area contributed by atoms with E-state index in [-0.39, 0.29) is 0 Å². The van der Waals surface area contributed by atoms with Crippen LogP contribution in [0.1, 0.15) is 44.4 Å². The van der Waals surface area contributed by atoms with Crippen molar-refractivity contribution in [3.63, 3.8) is 0 Å². The van der Waals surface area contributed by atoms with E-state index in [1.54, 1.807) is 0 Å². The summed E-state index contributed by atoms with van der Waals surface area (Å²) in [6.07, 6.45) is 1.03. The minimum atomic E-state index is 1.03. The standard InChI is InChI=1S/C13H12.C7H8.2C2H6/c1-3-7-12(8-4-1)11-13-9-5-2-6-10-13;1-7-5-3-2-4-6-7;2*1-2/h1-10H,11H2;2-6H,1H3;2*1-2H3. The van der Waals surface area contributed by atoms with Gasteiger partial charge in [0, 0.05) is 0 Å². The molecule has 0 fully saturated rings. The van der Waals surface area contributed by atoms with E-state index in [2.05, 4.69) is 79.7 Å². The Hall–Kier alpha value is -2.34. The van der Waals surface area contributed by atoms with Crippen molar-refractivity contribution in [3.05, 3.63) is 108 Å². The van der Waals surface area contributed by atoms with Gasteiger partial charge in [-0.2, -0.15) is 0 Å². The van der Waals surface area contributed by atoms with E-state index in [4.69, 9.17) is 0 Å². The van der Waals surface area contributed by atoms with Crippen LogP contribution >= 0.6 is 0 Å². The van der Waals surface area contributed by atoms with Crippen LogP contribution in [0.15, 0.2) is 91.0 Å². The molecule has 0 saturated carbocycles. The Morgan fingerprint density at radius 1 is 0.458 bits per heavy atom. The van der Waals surface area contributed by atoms with Gasteiger partial charge in [-0.3, -0.25) is 0 Å². The molecule has 3 aromatic rings. The molecule has 0 aromatic heterocycles. The molecule has 0 aliphatic heterocycles. The third-order valence-corrected chi connectivity index (χ3v) is 3.03. The number of benzene rings is 3. The molecule has 0 bridgehead atoms. The Morgan fingerprint density at radius 2 is 0.750 bits per heavy atom. The van der Waals surface area contributed by atoms with Crippen LogP contribution in [0.4, 0.5) is 0 Å². The molecular formula is C24H32. The zero-order valence-electron chi connectivity index (χ0n) is 15.9. The van der Waals surface area contributed by atoms with E-state index in [0.717, 1.165) is 6.42 Å². The topological polar surface area (TPSA) is 0 Å². The van der Waals surface area contributed by atoms with Gasteiger partial charge in [0.2, 0.25) is 0 Å². The van der Waals surface area contributed by atoms with Crippen LogP contribution < -0.4 is 0 Å². The molecule has 0 nitrogen and oxygen atoms in total. The van der Waals surface area contributed by atoms with Gasteiger partial charge >= 0.3 is 0 Å². The molecule has 0 aliphatic carbocycles. The van der Waals surface area contributed by atoms with E-state index in [9.17, 15) is 0 Å². The third-order valence-electron chi connectivity index (χ3n) is 3.03. The van der Waals surface area contributed by atoms with Gasteiger partial charge in [-0.1, -0.05) is 124 Å². The van der Waals surface area contributed by atoms with Crippen molar-refractivity contribution in [1.29, 1.82) is 0 Å². The number of aryl methyl sites for hydroxylation is 1. The minimum Gasteiger partial charge on any atom is -0.0683 e. The fourth-order valence-corrected chi connectivity index (χ4v) is 1.96. The predicted octanol–water partition coefficient (Wildman–Crippen LogP) is 7.32. The second-order valence-electron chi connectivity index (χ2n) is 4.80. The maximum atomic E-state index is 2.16. The molecule has 0 aliphatic rings. The highest BCUT2D eigenvalue weighted by molar-refractivity contribution is 5.25. The first-order valence-electron chi connectivity index (χ1n) is 8.94. The van der Waals surface area contributed by atoms with Crippen molar-refractivity contribution in [2.24, 2.45) is 0 Å². The van der Waals surface area contributed by atoms with Gasteiger partial charge < -0.3 is 0 Å². The molecule has 0 amide bonds. The second-order valence-corrected chi connectivity index (χ2v) is 4.80. The summed E-state index contributed by atoms with van der Waals surface area (Å²) in [5, 5.41) is 0. The maximum Gasteiger partial charge on any atom is -0.00258 e. The minimum absolute atomic E-state index is 1.03. The first-order chi connectivity index (χ1) is 11.8. The third kappa shape index (κ3) is 10.4. The molecule has 0 saturated heterocycles. The summed E-state index contributed by atoms with van der Waals surface area (Å²) in [6.45, 7) is 10.1. The average molecular weight is 321 g/mol. The van der Waals surface area contributed by atoms with Gasteiger partial charge in [0.15, 0.2) is 0 Å². The molecular weight excluding hydrogens is 288 g/mol. The van der Waals surface area contributed by atoms with Gasteiger partial charge in [0.25, 0.3) is 0 Å². The van der Waals surface area contributed by atoms with Crippen molar-refractivity contribution < 1.29 is 0 Å². The number of hydrogen-bond acceptors (Lipinski definition) is 0. The van der Waals surface area contributed by atoms with E-state index < -0.39 is 0 Å². The van der Waals surface area contributed by atoms with Crippen molar-refractivity contribution in [2.75, 3.05) is 0 Å². The normalized spacial score (nSPS) is 8.38. The Bertz CT molecular complexity index is 545. The van der Waals surface area contributed by atoms with Crippen LogP contribution in [0.2, 0.25) is 0 Å². The maximum absolute atomic E-state index is 2.16. The lowest BCUT2D eigenvalue weighted by Gasteiger charge is -2.00. The van der Waals surface area contributed by atoms with E-state index in [1.807, 2.05) is 45.9 Å². The van der Waals surface area contributed by atoms with Crippen LogP contribution in [0.25, 0.3) is 0 Å². The Morgan fingerprint density at radius 3 is 1.00 bits per heavy atom. The van der Waals surface area contributed by atoms with Gasteiger partial charge in [0.1, 0.15) is 0 Å².